The molecule has 164 valence electrons. The summed E-state index contributed by atoms with van der Waals surface area (Å²) in [6.07, 6.45) is 0. The third-order valence-electron chi connectivity index (χ3n) is 4.94. The maximum Gasteiger partial charge on any atom is 0.337 e. The van der Waals surface area contributed by atoms with Gasteiger partial charge in [0, 0.05) is 42.3 Å². The Balaban J connectivity index is 1.74. The number of hydrogen-bond acceptors (Lipinski definition) is 5. The minimum atomic E-state index is -0.465. The van der Waals surface area contributed by atoms with Crippen molar-refractivity contribution in [1.82, 2.24) is 0 Å². The van der Waals surface area contributed by atoms with Gasteiger partial charge in [0.05, 0.1) is 12.7 Å². The number of nitrogens with one attached hydrogen (secondary N) is 2. The summed E-state index contributed by atoms with van der Waals surface area (Å²) >= 11 is 0. The van der Waals surface area contributed by atoms with E-state index in [4.69, 9.17) is 0 Å². The molecule has 0 aromatic heterocycles. The number of carbonyl (C=O) groups excluding carboxylic acids is 3. The SMILES string of the molecule is COC(=O)c1ccc(C(=O)Nc2cc(NC(=O)c3cccc(N(C)C)c3)ccc2C)cc1. The van der Waals surface area contributed by atoms with E-state index in [0.29, 0.717) is 28.1 Å². The lowest BCUT2D eigenvalue weighted by Crippen LogP contribution is -2.15. The van der Waals surface area contributed by atoms with Crippen LogP contribution in [0.25, 0.3) is 0 Å². The topological polar surface area (TPSA) is 87.7 Å². The number of anilines is 3. The molecule has 32 heavy (non-hydrogen) atoms. The van der Waals surface area contributed by atoms with Crippen molar-refractivity contribution in [3.8, 4) is 0 Å². The molecule has 0 aliphatic heterocycles. The minimum Gasteiger partial charge on any atom is -0.465 e. The van der Waals surface area contributed by atoms with Gasteiger partial charge in [-0.05, 0) is 67.1 Å². The summed E-state index contributed by atoms with van der Waals surface area (Å²) in [5.74, 6) is -1.03. The van der Waals surface area contributed by atoms with Crippen molar-refractivity contribution in [1.29, 1.82) is 0 Å². The van der Waals surface area contributed by atoms with Crippen molar-refractivity contribution in [2.45, 2.75) is 6.92 Å². The fourth-order valence-corrected chi connectivity index (χ4v) is 3.03. The summed E-state index contributed by atoms with van der Waals surface area (Å²) < 4.78 is 4.67. The molecular formula is C25H25N3O4. The molecule has 0 atom stereocenters. The highest BCUT2D eigenvalue weighted by atomic mass is 16.5. The van der Waals surface area contributed by atoms with Crippen LogP contribution in [-0.4, -0.2) is 39.0 Å². The van der Waals surface area contributed by atoms with Crippen molar-refractivity contribution in [2.24, 2.45) is 0 Å². The number of benzene rings is 3. The molecule has 0 fully saturated rings. The van der Waals surface area contributed by atoms with Crippen molar-refractivity contribution >= 4 is 34.8 Å². The average Bonchev–Trinajstić information content (AvgIpc) is 2.80. The highest BCUT2D eigenvalue weighted by Gasteiger charge is 2.12. The predicted octanol–water partition coefficient (Wildman–Crippen LogP) is 4.35. The number of ether oxygens (including phenoxy) is 1. The van der Waals surface area contributed by atoms with Crippen molar-refractivity contribution < 1.29 is 19.1 Å². The highest BCUT2D eigenvalue weighted by Crippen LogP contribution is 2.22. The Morgan fingerprint density at radius 1 is 0.781 bits per heavy atom. The Bertz CT molecular complexity index is 1150. The van der Waals surface area contributed by atoms with Crippen LogP contribution in [0.1, 0.15) is 36.6 Å². The maximum atomic E-state index is 12.7. The molecule has 0 bridgehead atoms. The number of esters is 1. The van der Waals surface area contributed by atoms with Crippen LogP contribution >= 0.6 is 0 Å². The van der Waals surface area contributed by atoms with Gasteiger partial charge in [0.1, 0.15) is 0 Å². The summed E-state index contributed by atoms with van der Waals surface area (Å²) in [5.41, 5.74) is 4.20. The number of aryl methyl sites for hydroxylation is 1. The van der Waals surface area contributed by atoms with Crippen molar-refractivity contribution in [3.63, 3.8) is 0 Å². The van der Waals surface area contributed by atoms with E-state index in [0.717, 1.165) is 11.3 Å². The number of methoxy groups -OCH3 is 1. The summed E-state index contributed by atoms with van der Waals surface area (Å²) in [4.78, 5) is 38.8. The lowest BCUT2D eigenvalue weighted by atomic mass is 10.1. The van der Waals surface area contributed by atoms with Crippen LogP contribution in [0.2, 0.25) is 0 Å². The molecule has 0 saturated carbocycles. The molecule has 2 amide bonds. The van der Waals surface area contributed by atoms with E-state index >= 15 is 0 Å². The zero-order valence-electron chi connectivity index (χ0n) is 18.4. The quantitative estimate of drug-likeness (QED) is 0.567. The van der Waals surface area contributed by atoms with Crippen molar-refractivity contribution in [2.75, 3.05) is 36.7 Å². The zero-order valence-corrected chi connectivity index (χ0v) is 18.4. The third kappa shape index (κ3) is 5.31. The normalized spacial score (nSPS) is 10.2. The largest absolute Gasteiger partial charge is 0.465 e. The number of amides is 2. The van der Waals surface area contributed by atoms with Gasteiger partial charge in [-0.25, -0.2) is 4.79 Å². The molecule has 0 aliphatic carbocycles. The van der Waals surface area contributed by atoms with Crippen LogP contribution in [0, 0.1) is 6.92 Å². The van der Waals surface area contributed by atoms with Gasteiger partial charge in [-0.3, -0.25) is 9.59 Å². The van der Waals surface area contributed by atoms with Crippen molar-refractivity contribution in [3.05, 3.63) is 89.0 Å². The number of nitrogens with zero attached hydrogens (tertiary/aromatic N) is 1. The average molecular weight is 431 g/mol. The molecule has 2 N–H and O–H groups in total. The molecule has 3 aromatic rings. The molecular weight excluding hydrogens is 406 g/mol. The third-order valence-corrected chi connectivity index (χ3v) is 4.94. The monoisotopic (exact) mass is 431 g/mol. The van der Waals surface area contributed by atoms with E-state index in [1.54, 1.807) is 30.3 Å². The molecule has 0 radical (unpaired) electrons. The van der Waals surface area contributed by atoms with Gasteiger partial charge < -0.3 is 20.3 Å². The highest BCUT2D eigenvalue weighted by molar-refractivity contribution is 6.07. The van der Waals surface area contributed by atoms with E-state index < -0.39 is 5.97 Å². The lowest BCUT2D eigenvalue weighted by molar-refractivity contribution is 0.0600. The summed E-state index contributed by atoms with van der Waals surface area (Å²) in [6, 6.07) is 18.8. The molecule has 0 spiro atoms. The van der Waals surface area contributed by atoms with E-state index in [1.807, 2.05) is 50.2 Å². The standard InChI is InChI=1S/C25H25N3O4/c1-16-8-13-20(26-24(30)19-6-5-7-21(14-19)28(2)3)15-22(16)27-23(29)17-9-11-18(12-10-17)25(31)32-4/h5-15H,1-4H3,(H,26,30)(H,27,29). The Hall–Kier alpha value is -4.13. The van der Waals surface area contributed by atoms with Gasteiger partial charge in [-0.15, -0.1) is 0 Å². The molecule has 0 unspecified atom stereocenters. The second-order valence-corrected chi connectivity index (χ2v) is 7.45. The number of hydrogen-bond donors (Lipinski definition) is 2. The van der Waals surface area contributed by atoms with Crippen LogP contribution < -0.4 is 15.5 Å². The molecule has 7 heteroatoms. The first kappa shape index (κ1) is 22.6. The molecule has 7 nitrogen and oxygen atoms in total. The first-order chi connectivity index (χ1) is 15.3. The van der Waals surface area contributed by atoms with Gasteiger partial charge in [-0.2, -0.15) is 0 Å². The summed E-state index contributed by atoms with van der Waals surface area (Å²) in [6.45, 7) is 1.86. The fourth-order valence-electron chi connectivity index (χ4n) is 3.03. The fraction of sp³-hybridized carbons (Fsp3) is 0.160. The molecule has 0 heterocycles. The van der Waals surface area contributed by atoms with Gasteiger partial charge in [0.2, 0.25) is 0 Å². The lowest BCUT2D eigenvalue weighted by Gasteiger charge is -2.14. The van der Waals surface area contributed by atoms with Gasteiger partial charge in [-0.1, -0.05) is 12.1 Å². The smallest absolute Gasteiger partial charge is 0.337 e. The van der Waals surface area contributed by atoms with E-state index in [2.05, 4.69) is 15.4 Å². The van der Waals surface area contributed by atoms with E-state index in [-0.39, 0.29) is 11.8 Å². The first-order valence-electron chi connectivity index (χ1n) is 9.97. The second kappa shape index (κ2) is 9.78. The number of carbonyl (C=O) groups is 3. The van der Waals surface area contributed by atoms with E-state index in [1.165, 1.54) is 19.2 Å². The first-order valence-corrected chi connectivity index (χ1v) is 9.97. The maximum absolute atomic E-state index is 12.7. The van der Waals surface area contributed by atoms with Crippen LogP contribution in [0.3, 0.4) is 0 Å². The molecule has 3 aromatic carbocycles. The van der Waals surface area contributed by atoms with E-state index in [9.17, 15) is 14.4 Å². The molecule has 3 rings (SSSR count). The Morgan fingerprint density at radius 2 is 1.44 bits per heavy atom. The Morgan fingerprint density at radius 3 is 2.09 bits per heavy atom. The van der Waals surface area contributed by atoms with Gasteiger partial charge in [0.25, 0.3) is 11.8 Å². The Kier molecular flexibility index (Phi) is 6.90. The predicted molar refractivity (Wildman–Crippen MR) is 126 cm³/mol. The van der Waals surface area contributed by atoms with Crippen LogP contribution in [0.15, 0.2) is 66.7 Å². The second-order valence-electron chi connectivity index (χ2n) is 7.45. The summed E-state index contributed by atoms with van der Waals surface area (Å²) in [5, 5.41) is 5.72. The zero-order chi connectivity index (χ0) is 23.3. The van der Waals surface area contributed by atoms with Crippen LogP contribution in [0.4, 0.5) is 17.1 Å². The minimum absolute atomic E-state index is 0.242. The molecule has 0 aliphatic rings. The van der Waals surface area contributed by atoms with Crippen LogP contribution in [-0.2, 0) is 4.74 Å². The summed E-state index contributed by atoms with van der Waals surface area (Å²) in [7, 11) is 5.13. The van der Waals surface area contributed by atoms with Gasteiger partial charge in [0.15, 0.2) is 0 Å². The van der Waals surface area contributed by atoms with Gasteiger partial charge >= 0.3 is 5.97 Å². The Labute approximate surface area is 187 Å². The molecule has 0 saturated heterocycles. The van der Waals surface area contributed by atoms with Crippen LogP contribution in [0.5, 0.6) is 0 Å². The number of rotatable bonds is 6.